The first-order valence-corrected chi connectivity index (χ1v) is 6.24. The number of pyridine rings is 1. The van der Waals surface area contributed by atoms with Gasteiger partial charge >= 0.3 is 0 Å². The fraction of sp³-hybridized carbons (Fsp3) is 0.583. The summed E-state index contributed by atoms with van der Waals surface area (Å²) >= 11 is 5.83. The van der Waals surface area contributed by atoms with Crippen molar-refractivity contribution in [3.63, 3.8) is 0 Å². The molecule has 2 atom stereocenters. The van der Waals surface area contributed by atoms with Gasteiger partial charge in [0.05, 0.1) is 12.1 Å². The van der Waals surface area contributed by atoms with Gasteiger partial charge in [-0.2, -0.15) is 0 Å². The van der Waals surface area contributed by atoms with Gasteiger partial charge in [-0.3, -0.25) is 0 Å². The van der Waals surface area contributed by atoms with Gasteiger partial charge in [0, 0.05) is 32.9 Å². The van der Waals surface area contributed by atoms with Crippen LogP contribution in [0.5, 0.6) is 0 Å². The van der Waals surface area contributed by atoms with Crippen LogP contribution in [0.1, 0.15) is 5.56 Å². The standard InChI is InChI=1S/C12H16ClFN2O2/c1-17-10-6-16(7-11(10)18-2)12-8(4-13)3-9(14)5-15-12/h3,5,10-11H,4,6-7H2,1-2H3. The molecule has 1 saturated heterocycles. The third kappa shape index (κ3) is 2.58. The predicted octanol–water partition coefficient (Wildman–Crippen LogP) is 1.81. The zero-order chi connectivity index (χ0) is 13.1. The summed E-state index contributed by atoms with van der Waals surface area (Å²) in [6.45, 7) is 1.33. The Kier molecular flexibility index (Phi) is 4.37. The third-order valence-corrected chi connectivity index (χ3v) is 3.46. The van der Waals surface area contributed by atoms with Crippen molar-refractivity contribution >= 4 is 17.4 Å². The van der Waals surface area contributed by atoms with Crippen LogP contribution in [0.15, 0.2) is 12.3 Å². The number of ether oxygens (including phenoxy) is 2. The Labute approximate surface area is 111 Å². The average Bonchev–Trinajstić information content (AvgIpc) is 2.81. The molecule has 2 unspecified atom stereocenters. The van der Waals surface area contributed by atoms with Gasteiger partial charge in [0.15, 0.2) is 0 Å². The van der Waals surface area contributed by atoms with Crippen LogP contribution in [-0.2, 0) is 15.4 Å². The number of halogens is 2. The molecule has 1 aliphatic heterocycles. The lowest BCUT2D eigenvalue weighted by Crippen LogP contribution is -2.27. The molecule has 0 N–H and O–H groups in total. The van der Waals surface area contributed by atoms with Crippen LogP contribution < -0.4 is 4.90 Å². The monoisotopic (exact) mass is 274 g/mol. The molecule has 1 fully saturated rings. The highest BCUT2D eigenvalue weighted by Crippen LogP contribution is 2.26. The second-order valence-corrected chi connectivity index (χ2v) is 4.49. The number of anilines is 1. The summed E-state index contributed by atoms with van der Waals surface area (Å²) in [5.74, 6) is 0.555. The fourth-order valence-corrected chi connectivity index (χ4v) is 2.42. The van der Waals surface area contributed by atoms with Gasteiger partial charge in [-0.15, -0.1) is 11.6 Å². The molecule has 100 valence electrons. The van der Waals surface area contributed by atoms with E-state index >= 15 is 0 Å². The van der Waals surface area contributed by atoms with Crippen molar-refractivity contribution < 1.29 is 13.9 Å². The molecule has 2 rings (SSSR count). The number of alkyl halides is 1. The molecule has 2 heterocycles. The molecule has 0 aromatic carbocycles. The summed E-state index contributed by atoms with van der Waals surface area (Å²) in [5.41, 5.74) is 0.684. The Morgan fingerprint density at radius 2 is 2.00 bits per heavy atom. The highest BCUT2D eigenvalue weighted by molar-refractivity contribution is 6.17. The molecular weight excluding hydrogens is 259 g/mol. The highest BCUT2D eigenvalue weighted by atomic mass is 35.5. The van der Waals surface area contributed by atoms with E-state index in [-0.39, 0.29) is 23.9 Å². The first kappa shape index (κ1) is 13.5. The lowest BCUT2D eigenvalue weighted by atomic mass is 10.2. The second-order valence-electron chi connectivity index (χ2n) is 4.22. The minimum atomic E-state index is -0.375. The molecule has 0 aliphatic carbocycles. The minimum Gasteiger partial charge on any atom is -0.377 e. The lowest BCUT2D eigenvalue weighted by Gasteiger charge is -2.19. The van der Waals surface area contributed by atoms with E-state index in [1.165, 1.54) is 12.3 Å². The minimum absolute atomic E-state index is 0.00923. The summed E-state index contributed by atoms with van der Waals surface area (Å²) in [7, 11) is 3.31. The summed E-state index contributed by atoms with van der Waals surface area (Å²) in [6.07, 6.45) is 1.18. The van der Waals surface area contributed by atoms with Crippen molar-refractivity contribution in [3.05, 3.63) is 23.6 Å². The van der Waals surface area contributed by atoms with Crippen molar-refractivity contribution in [1.82, 2.24) is 4.98 Å². The predicted molar refractivity (Wildman–Crippen MR) is 67.6 cm³/mol. The SMILES string of the molecule is COC1CN(c2ncc(F)cc2CCl)CC1OC. The van der Waals surface area contributed by atoms with E-state index in [0.717, 1.165) is 0 Å². The van der Waals surface area contributed by atoms with Gasteiger partial charge in [-0.05, 0) is 6.07 Å². The first-order valence-electron chi connectivity index (χ1n) is 5.70. The smallest absolute Gasteiger partial charge is 0.141 e. The molecule has 4 nitrogen and oxygen atoms in total. The van der Waals surface area contributed by atoms with Crippen molar-refractivity contribution in [3.8, 4) is 0 Å². The molecule has 0 spiro atoms. The van der Waals surface area contributed by atoms with Crippen LogP contribution >= 0.6 is 11.6 Å². The van der Waals surface area contributed by atoms with Gasteiger partial charge in [0.2, 0.25) is 0 Å². The third-order valence-electron chi connectivity index (χ3n) is 3.17. The van der Waals surface area contributed by atoms with E-state index in [9.17, 15) is 4.39 Å². The van der Waals surface area contributed by atoms with Gasteiger partial charge < -0.3 is 14.4 Å². The summed E-state index contributed by atoms with van der Waals surface area (Å²) in [4.78, 5) is 6.14. The Morgan fingerprint density at radius 1 is 1.39 bits per heavy atom. The van der Waals surface area contributed by atoms with Crippen molar-refractivity contribution in [2.75, 3.05) is 32.2 Å². The molecule has 1 aromatic rings. The number of rotatable bonds is 4. The molecule has 0 saturated carbocycles. The summed E-state index contributed by atoms with van der Waals surface area (Å²) in [5, 5.41) is 0. The van der Waals surface area contributed by atoms with Crippen LogP contribution in [0.2, 0.25) is 0 Å². The van der Waals surface area contributed by atoms with E-state index in [1.54, 1.807) is 14.2 Å². The fourth-order valence-electron chi connectivity index (χ4n) is 2.23. The topological polar surface area (TPSA) is 34.6 Å². The Morgan fingerprint density at radius 3 is 2.50 bits per heavy atom. The van der Waals surface area contributed by atoms with Crippen molar-refractivity contribution in [2.45, 2.75) is 18.1 Å². The van der Waals surface area contributed by atoms with Crippen LogP contribution in [0, 0.1) is 5.82 Å². The molecule has 18 heavy (non-hydrogen) atoms. The molecular formula is C12H16ClFN2O2. The van der Waals surface area contributed by atoms with Crippen LogP contribution in [0.3, 0.4) is 0 Å². The van der Waals surface area contributed by atoms with Gasteiger partial charge in [0.1, 0.15) is 23.8 Å². The second kappa shape index (κ2) is 5.82. The zero-order valence-electron chi connectivity index (χ0n) is 10.4. The van der Waals surface area contributed by atoms with Crippen LogP contribution in [0.4, 0.5) is 10.2 Å². The maximum Gasteiger partial charge on any atom is 0.141 e. The number of aromatic nitrogens is 1. The number of hydrogen-bond acceptors (Lipinski definition) is 4. The van der Waals surface area contributed by atoms with E-state index in [4.69, 9.17) is 21.1 Å². The van der Waals surface area contributed by atoms with E-state index in [2.05, 4.69) is 4.98 Å². The van der Waals surface area contributed by atoms with Gasteiger partial charge in [0.25, 0.3) is 0 Å². The highest BCUT2D eigenvalue weighted by Gasteiger charge is 2.34. The van der Waals surface area contributed by atoms with E-state index in [0.29, 0.717) is 24.5 Å². The molecule has 6 heteroatoms. The molecule has 1 aliphatic rings. The zero-order valence-corrected chi connectivity index (χ0v) is 11.2. The Hall–Kier alpha value is -0.910. The lowest BCUT2D eigenvalue weighted by molar-refractivity contribution is -0.00461. The normalized spacial score (nSPS) is 23.7. The summed E-state index contributed by atoms with van der Waals surface area (Å²) in [6, 6.07) is 1.41. The van der Waals surface area contributed by atoms with Crippen LogP contribution in [-0.4, -0.2) is 44.5 Å². The largest absolute Gasteiger partial charge is 0.377 e. The first-order chi connectivity index (χ1) is 8.69. The Balaban J connectivity index is 2.22. The van der Waals surface area contributed by atoms with Gasteiger partial charge in [-0.1, -0.05) is 0 Å². The van der Waals surface area contributed by atoms with Crippen LogP contribution in [0.25, 0.3) is 0 Å². The average molecular weight is 275 g/mol. The summed E-state index contributed by atoms with van der Waals surface area (Å²) < 4.78 is 23.8. The maximum atomic E-state index is 13.1. The molecule has 0 amide bonds. The van der Waals surface area contributed by atoms with Crippen molar-refractivity contribution in [2.24, 2.45) is 0 Å². The number of nitrogens with zero attached hydrogens (tertiary/aromatic N) is 2. The van der Waals surface area contributed by atoms with E-state index < -0.39 is 0 Å². The quantitative estimate of drug-likeness (QED) is 0.785. The van der Waals surface area contributed by atoms with Crippen molar-refractivity contribution in [1.29, 1.82) is 0 Å². The van der Waals surface area contributed by atoms with Gasteiger partial charge in [-0.25, -0.2) is 9.37 Å². The molecule has 0 radical (unpaired) electrons. The number of methoxy groups -OCH3 is 2. The number of hydrogen-bond donors (Lipinski definition) is 0. The Bertz CT molecular complexity index is 407. The molecule has 1 aromatic heterocycles. The molecule has 0 bridgehead atoms. The maximum absolute atomic E-state index is 13.1. The van der Waals surface area contributed by atoms with E-state index in [1.807, 2.05) is 4.90 Å².